The van der Waals surface area contributed by atoms with E-state index in [0.717, 1.165) is 6.54 Å². The van der Waals surface area contributed by atoms with Crippen LogP contribution in [0.25, 0.3) is 0 Å². The normalized spacial score (nSPS) is 24.6. The molecule has 0 radical (unpaired) electrons. The SMILES string of the molecule is CC1COC(COc2ccc(F)cc2Cl)CN1. The van der Waals surface area contributed by atoms with Crippen molar-refractivity contribution < 1.29 is 13.9 Å². The van der Waals surface area contributed by atoms with E-state index in [4.69, 9.17) is 21.1 Å². The standard InChI is InChI=1S/C12H15ClFNO2/c1-8-6-16-10(5-15-8)7-17-12-3-2-9(14)4-11(12)13/h2-4,8,10,15H,5-7H2,1H3. The molecule has 17 heavy (non-hydrogen) atoms. The zero-order valence-electron chi connectivity index (χ0n) is 9.58. The van der Waals surface area contributed by atoms with Gasteiger partial charge in [0.2, 0.25) is 0 Å². The molecule has 5 heteroatoms. The van der Waals surface area contributed by atoms with Crippen molar-refractivity contribution in [1.82, 2.24) is 5.32 Å². The van der Waals surface area contributed by atoms with Crippen LogP contribution in [0.2, 0.25) is 5.02 Å². The fourth-order valence-electron chi connectivity index (χ4n) is 1.61. The maximum atomic E-state index is 12.8. The molecule has 0 spiro atoms. The van der Waals surface area contributed by atoms with Gasteiger partial charge in [0.15, 0.2) is 0 Å². The molecule has 2 unspecified atom stereocenters. The van der Waals surface area contributed by atoms with Crippen molar-refractivity contribution in [1.29, 1.82) is 0 Å². The molecule has 1 aliphatic heterocycles. The Morgan fingerprint density at radius 1 is 1.59 bits per heavy atom. The molecule has 1 aromatic carbocycles. The summed E-state index contributed by atoms with van der Waals surface area (Å²) in [6, 6.07) is 4.46. The van der Waals surface area contributed by atoms with Gasteiger partial charge in [0.1, 0.15) is 24.3 Å². The van der Waals surface area contributed by atoms with Crippen molar-refractivity contribution in [3.05, 3.63) is 29.0 Å². The van der Waals surface area contributed by atoms with Gasteiger partial charge in [-0.3, -0.25) is 0 Å². The van der Waals surface area contributed by atoms with Crippen LogP contribution in [0.4, 0.5) is 4.39 Å². The fraction of sp³-hybridized carbons (Fsp3) is 0.500. The summed E-state index contributed by atoms with van der Waals surface area (Å²) < 4.78 is 23.9. The number of rotatable bonds is 3. The van der Waals surface area contributed by atoms with Crippen LogP contribution in [0, 0.1) is 5.82 Å². The second kappa shape index (κ2) is 5.67. The van der Waals surface area contributed by atoms with E-state index in [1.165, 1.54) is 18.2 Å². The van der Waals surface area contributed by atoms with E-state index in [1.807, 2.05) is 0 Å². The van der Waals surface area contributed by atoms with Crippen molar-refractivity contribution in [3.8, 4) is 5.75 Å². The Morgan fingerprint density at radius 2 is 2.41 bits per heavy atom. The molecule has 0 aliphatic carbocycles. The molecule has 0 bridgehead atoms. The van der Waals surface area contributed by atoms with Crippen molar-refractivity contribution in [2.45, 2.75) is 19.1 Å². The molecule has 2 atom stereocenters. The Hall–Kier alpha value is -0.840. The van der Waals surface area contributed by atoms with Gasteiger partial charge in [-0.15, -0.1) is 0 Å². The maximum Gasteiger partial charge on any atom is 0.138 e. The van der Waals surface area contributed by atoms with Gasteiger partial charge in [0.25, 0.3) is 0 Å². The molecule has 94 valence electrons. The van der Waals surface area contributed by atoms with E-state index in [2.05, 4.69) is 12.2 Å². The van der Waals surface area contributed by atoms with Gasteiger partial charge in [-0.05, 0) is 25.1 Å². The van der Waals surface area contributed by atoms with Crippen LogP contribution in [0.15, 0.2) is 18.2 Å². The first-order valence-electron chi connectivity index (χ1n) is 5.58. The summed E-state index contributed by atoms with van der Waals surface area (Å²) in [6.45, 7) is 3.89. The number of hydrogen-bond acceptors (Lipinski definition) is 3. The van der Waals surface area contributed by atoms with Crippen LogP contribution in [-0.2, 0) is 4.74 Å². The molecule has 1 saturated heterocycles. The van der Waals surface area contributed by atoms with Gasteiger partial charge < -0.3 is 14.8 Å². The van der Waals surface area contributed by atoms with E-state index < -0.39 is 0 Å². The third-order valence-corrected chi connectivity index (χ3v) is 2.89. The molecule has 1 aliphatic rings. The molecular weight excluding hydrogens is 245 g/mol. The van der Waals surface area contributed by atoms with Crippen LogP contribution in [0.1, 0.15) is 6.92 Å². The molecule has 1 fully saturated rings. The first kappa shape index (κ1) is 12.6. The second-order valence-electron chi connectivity index (χ2n) is 4.15. The van der Waals surface area contributed by atoms with Crippen LogP contribution < -0.4 is 10.1 Å². The monoisotopic (exact) mass is 259 g/mol. The summed E-state index contributed by atoms with van der Waals surface area (Å²) in [5, 5.41) is 3.57. The summed E-state index contributed by atoms with van der Waals surface area (Å²) >= 11 is 5.85. The Kier molecular flexibility index (Phi) is 4.20. The van der Waals surface area contributed by atoms with Gasteiger partial charge in [-0.2, -0.15) is 0 Å². The zero-order chi connectivity index (χ0) is 12.3. The van der Waals surface area contributed by atoms with E-state index >= 15 is 0 Å². The van der Waals surface area contributed by atoms with Gasteiger partial charge in [-0.25, -0.2) is 4.39 Å². The van der Waals surface area contributed by atoms with E-state index in [9.17, 15) is 4.39 Å². The lowest BCUT2D eigenvalue weighted by Gasteiger charge is -2.28. The highest BCUT2D eigenvalue weighted by atomic mass is 35.5. The largest absolute Gasteiger partial charge is 0.489 e. The smallest absolute Gasteiger partial charge is 0.138 e. The average Bonchev–Trinajstić information content (AvgIpc) is 2.30. The van der Waals surface area contributed by atoms with Crippen LogP contribution >= 0.6 is 11.6 Å². The van der Waals surface area contributed by atoms with Gasteiger partial charge in [-0.1, -0.05) is 11.6 Å². The second-order valence-corrected chi connectivity index (χ2v) is 4.56. The summed E-state index contributed by atoms with van der Waals surface area (Å²) in [5.74, 6) is 0.113. The predicted molar refractivity (Wildman–Crippen MR) is 64.1 cm³/mol. The van der Waals surface area contributed by atoms with Gasteiger partial charge in [0, 0.05) is 12.6 Å². The van der Waals surface area contributed by atoms with Crippen molar-refractivity contribution in [2.24, 2.45) is 0 Å². The molecular formula is C12H15ClFNO2. The summed E-state index contributed by atoms with van der Waals surface area (Å²) in [6.07, 6.45) is 0.00678. The third-order valence-electron chi connectivity index (χ3n) is 2.59. The Bertz CT molecular complexity index is 381. The minimum Gasteiger partial charge on any atom is -0.489 e. The molecule has 1 N–H and O–H groups in total. The number of nitrogens with one attached hydrogen (secondary N) is 1. The molecule has 1 aromatic rings. The number of halogens is 2. The van der Waals surface area contributed by atoms with Crippen molar-refractivity contribution in [3.63, 3.8) is 0 Å². The van der Waals surface area contributed by atoms with Crippen LogP contribution in [0.5, 0.6) is 5.75 Å². The lowest BCUT2D eigenvalue weighted by molar-refractivity contribution is -0.0165. The third kappa shape index (κ3) is 3.56. The summed E-state index contributed by atoms with van der Waals surface area (Å²) in [4.78, 5) is 0. The molecule has 0 saturated carbocycles. The molecule has 3 nitrogen and oxygen atoms in total. The highest BCUT2D eigenvalue weighted by Crippen LogP contribution is 2.25. The minimum absolute atomic E-state index is 0.00678. The first-order valence-corrected chi connectivity index (χ1v) is 5.96. The van der Waals surface area contributed by atoms with Crippen molar-refractivity contribution in [2.75, 3.05) is 19.8 Å². The number of benzene rings is 1. The predicted octanol–water partition coefficient (Wildman–Crippen LogP) is 2.23. The topological polar surface area (TPSA) is 30.5 Å². The molecule has 2 rings (SSSR count). The summed E-state index contributed by atoms with van der Waals surface area (Å²) in [7, 11) is 0. The highest BCUT2D eigenvalue weighted by Gasteiger charge is 2.18. The van der Waals surface area contributed by atoms with E-state index in [0.29, 0.717) is 25.0 Å². The van der Waals surface area contributed by atoms with Gasteiger partial charge >= 0.3 is 0 Å². The highest BCUT2D eigenvalue weighted by molar-refractivity contribution is 6.32. The van der Waals surface area contributed by atoms with E-state index in [-0.39, 0.29) is 16.9 Å². The number of ether oxygens (including phenoxy) is 2. The van der Waals surface area contributed by atoms with Crippen molar-refractivity contribution >= 4 is 11.6 Å². The average molecular weight is 260 g/mol. The Labute approximate surface area is 105 Å². The lowest BCUT2D eigenvalue weighted by atomic mass is 10.2. The molecule has 0 amide bonds. The molecule has 1 heterocycles. The number of morpholine rings is 1. The quantitative estimate of drug-likeness (QED) is 0.903. The Balaban J connectivity index is 1.85. The maximum absolute atomic E-state index is 12.8. The van der Waals surface area contributed by atoms with E-state index in [1.54, 1.807) is 0 Å². The first-order chi connectivity index (χ1) is 8.15. The summed E-state index contributed by atoms with van der Waals surface area (Å²) in [5.41, 5.74) is 0. The minimum atomic E-state index is -0.369. The fourth-order valence-corrected chi connectivity index (χ4v) is 1.83. The molecule has 0 aromatic heterocycles. The lowest BCUT2D eigenvalue weighted by Crippen LogP contribution is -2.46. The zero-order valence-corrected chi connectivity index (χ0v) is 10.3. The number of hydrogen-bond donors (Lipinski definition) is 1. The van der Waals surface area contributed by atoms with Crippen LogP contribution in [-0.4, -0.2) is 31.9 Å². The Morgan fingerprint density at radius 3 is 3.06 bits per heavy atom. The van der Waals surface area contributed by atoms with Crippen LogP contribution in [0.3, 0.4) is 0 Å². The van der Waals surface area contributed by atoms with Gasteiger partial charge in [0.05, 0.1) is 11.6 Å².